The van der Waals surface area contributed by atoms with Crippen molar-refractivity contribution < 1.29 is 14.0 Å². The van der Waals surface area contributed by atoms with Gasteiger partial charge in [0.15, 0.2) is 0 Å². The van der Waals surface area contributed by atoms with Crippen LogP contribution >= 0.6 is 15.9 Å². The van der Waals surface area contributed by atoms with Gasteiger partial charge in [0.2, 0.25) is 0 Å². The van der Waals surface area contributed by atoms with E-state index < -0.39 is 5.91 Å². The Morgan fingerprint density at radius 1 is 0.882 bits per heavy atom. The van der Waals surface area contributed by atoms with E-state index in [0.717, 1.165) is 21.2 Å². The van der Waals surface area contributed by atoms with E-state index in [9.17, 15) is 9.59 Å². The minimum absolute atomic E-state index is 0.0956. The highest BCUT2D eigenvalue weighted by Crippen LogP contribution is 2.25. The lowest BCUT2D eigenvalue weighted by molar-refractivity contribution is -0.117. The first-order valence-electron chi connectivity index (χ1n) is 10.8. The van der Waals surface area contributed by atoms with Crippen molar-refractivity contribution >= 4 is 33.8 Å². The summed E-state index contributed by atoms with van der Waals surface area (Å²) < 4.78 is 6.90. The molecule has 6 heteroatoms. The second kappa shape index (κ2) is 10.8. The number of hydrogen-bond donors (Lipinski definition) is 2. The van der Waals surface area contributed by atoms with Gasteiger partial charge >= 0.3 is 0 Å². The Bertz CT molecular complexity index is 1310. The Balaban J connectivity index is 1.57. The molecule has 5 nitrogen and oxygen atoms in total. The summed E-state index contributed by atoms with van der Waals surface area (Å²) >= 11 is 3.42. The van der Waals surface area contributed by atoms with E-state index in [1.165, 1.54) is 6.08 Å². The maximum absolute atomic E-state index is 13.0. The highest BCUT2D eigenvalue weighted by atomic mass is 79.9. The molecule has 0 aliphatic carbocycles. The quantitative estimate of drug-likeness (QED) is 0.292. The van der Waals surface area contributed by atoms with Crippen molar-refractivity contribution in [1.29, 1.82) is 0 Å². The van der Waals surface area contributed by atoms with Crippen LogP contribution in [-0.2, 0) is 11.3 Å². The van der Waals surface area contributed by atoms with Crippen LogP contribution < -0.4 is 10.6 Å². The summed E-state index contributed by atoms with van der Waals surface area (Å²) in [6.45, 7) is 2.28. The van der Waals surface area contributed by atoms with E-state index in [1.54, 1.807) is 18.2 Å². The number of aryl methyl sites for hydroxylation is 1. The monoisotopic (exact) mass is 514 g/mol. The number of benzene rings is 3. The van der Waals surface area contributed by atoms with Crippen molar-refractivity contribution in [1.82, 2.24) is 10.6 Å². The largest absolute Gasteiger partial charge is 0.457 e. The molecule has 34 heavy (non-hydrogen) atoms. The summed E-state index contributed by atoms with van der Waals surface area (Å²) in [4.78, 5) is 25.8. The minimum atomic E-state index is -0.411. The zero-order valence-corrected chi connectivity index (χ0v) is 20.1. The average molecular weight is 515 g/mol. The first-order valence-corrected chi connectivity index (χ1v) is 11.5. The average Bonchev–Trinajstić information content (AvgIpc) is 3.32. The number of carbonyl (C=O) groups excluding carboxylic acids is 2. The van der Waals surface area contributed by atoms with Gasteiger partial charge in [-0.1, -0.05) is 76.1 Å². The van der Waals surface area contributed by atoms with Crippen LogP contribution in [0.3, 0.4) is 0 Å². The lowest BCUT2D eigenvalue weighted by atomic mass is 10.1. The van der Waals surface area contributed by atoms with Crippen LogP contribution in [0.25, 0.3) is 17.4 Å². The van der Waals surface area contributed by atoms with Gasteiger partial charge in [0.1, 0.15) is 17.2 Å². The first kappa shape index (κ1) is 23.3. The normalized spacial score (nSPS) is 11.2. The van der Waals surface area contributed by atoms with Crippen molar-refractivity contribution in [2.24, 2.45) is 0 Å². The van der Waals surface area contributed by atoms with Gasteiger partial charge in [-0.2, -0.15) is 0 Å². The molecule has 0 saturated carbocycles. The number of carbonyl (C=O) groups is 2. The second-order valence-corrected chi connectivity index (χ2v) is 8.67. The molecule has 3 aromatic carbocycles. The number of hydrogen-bond acceptors (Lipinski definition) is 3. The van der Waals surface area contributed by atoms with Gasteiger partial charge in [-0.05, 0) is 48.9 Å². The van der Waals surface area contributed by atoms with Gasteiger partial charge in [0, 0.05) is 28.2 Å². The van der Waals surface area contributed by atoms with Crippen LogP contribution in [0.15, 0.2) is 106 Å². The third-order valence-corrected chi connectivity index (χ3v) is 5.67. The molecule has 1 heterocycles. The highest BCUT2D eigenvalue weighted by molar-refractivity contribution is 9.10. The minimum Gasteiger partial charge on any atom is -0.457 e. The molecular weight excluding hydrogens is 492 g/mol. The number of amides is 2. The van der Waals surface area contributed by atoms with Crippen LogP contribution in [0.1, 0.15) is 27.2 Å². The van der Waals surface area contributed by atoms with Gasteiger partial charge in [-0.15, -0.1) is 0 Å². The zero-order valence-electron chi connectivity index (χ0n) is 18.5. The van der Waals surface area contributed by atoms with Crippen LogP contribution in [0, 0.1) is 6.92 Å². The molecule has 0 unspecified atom stereocenters. The molecule has 0 radical (unpaired) electrons. The topological polar surface area (TPSA) is 71.3 Å². The van der Waals surface area contributed by atoms with Crippen molar-refractivity contribution in [3.8, 4) is 11.3 Å². The summed E-state index contributed by atoms with van der Waals surface area (Å²) in [5.74, 6) is 0.325. The van der Waals surface area contributed by atoms with Crippen LogP contribution in [0.4, 0.5) is 0 Å². The Hall–Kier alpha value is -3.90. The van der Waals surface area contributed by atoms with E-state index in [2.05, 4.69) is 26.6 Å². The number of halogens is 1. The molecule has 0 spiro atoms. The summed E-state index contributed by atoms with van der Waals surface area (Å²) in [7, 11) is 0. The van der Waals surface area contributed by atoms with Crippen LogP contribution in [-0.4, -0.2) is 11.8 Å². The maximum Gasteiger partial charge on any atom is 0.268 e. The molecule has 0 fully saturated rings. The van der Waals surface area contributed by atoms with Crippen molar-refractivity contribution in [2.75, 3.05) is 0 Å². The van der Waals surface area contributed by atoms with E-state index in [1.807, 2.05) is 79.7 Å². The Kier molecular flexibility index (Phi) is 7.40. The molecule has 0 aliphatic heterocycles. The smallest absolute Gasteiger partial charge is 0.268 e. The number of furan rings is 1. The molecule has 0 saturated heterocycles. The number of nitrogens with one attached hydrogen (secondary N) is 2. The third-order valence-electron chi connectivity index (χ3n) is 5.14. The molecule has 4 aromatic rings. The summed E-state index contributed by atoms with van der Waals surface area (Å²) in [6.07, 6.45) is 1.54. The van der Waals surface area contributed by atoms with Crippen molar-refractivity contribution in [3.05, 3.63) is 124 Å². The lowest BCUT2D eigenvalue weighted by Crippen LogP contribution is -2.34. The van der Waals surface area contributed by atoms with E-state index in [-0.39, 0.29) is 11.6 Å². The standard InChI is InChI=1S/C28H23BrN2O3/c1-19-7-9-22(10-8-19)27(32)31-25(28(33)30-18-20-5-3-2-4-6-20)17-24-15-16-26(34-24)21-11-13-23(29)14-12-21/h2-17H,18H2,1H3,(H,30,33)(H,31,32)/b25-17-. The third kappa shape index (κ3) is 6.11. The van der Waals surface area contributed by atoms with Gasteiger partial charge in [-0.3, -0.25) is 9.59 Å². The lowest BCUT2D eigenvalue weighted by Gasteiger charge is -2.11. The van der Waals surface area contributed by atoms with Crippen LogP contribution in [0.2, 0.25) is 0 Å². The molecule has 2 N–H and O–H groups in total. The Labute approximate surface area is 206 Å². The fourth-order valence-electron chi connectivity index (χ4n) is 3.27. The van der Waals surface area contributed by atoms with Gasteiger partial charge < -0.3 is 15.1 Å². The fraction of sp³-hybridized carbons (Fsp3) is 0.0714. The summed E-state index contributed by atoms with van der Waals surface area (Å²) in [5, 5.41) is 5.60. The molecule has 0 bridgehead atoms. The molecular formula is C28H23BrN2O3. The summed E-state index contributed by atoms with van der Waals surface area (Å²) in [6, 6.07) is 28.0. The second-order valence-electron chi connectivity index (χ2n) is 7.76. The first-order chi connectivity index (χ1) is 16.5. The predicted molar refractivity (Wildman–Crippen MR) is 137 cm³/mol. The molecule has 4 rings (SSSR count). The molecule has 2 amide bonds. The van der Waals surface area contributed by atoms with Crippen LogP contribution in [0.5, 0.6) is 0 Å². The predicted octanol–water partition coefficient (Wildman–Crippen LogP) is 6.10. The van der Waals surface area contributed by atoms with E-state index in [0.29, 0.717) is 23.6 Å². The molecule has 170 valence electrons. The molecule has 0 atom stereocenters. The van der Waals surface area contributed by atoms with Gasteiger partial charge in [0.05, 0.1) is 0 Å². The van der Waals surface area contributed by atoms with Gasteiger partial charge in [-0.25, -0.2) is 0 Å². The Morgan fingerprint density at radius 3 is 2.29 bits per heavy atom. The van der Waals surface area contributed by atoms with Crippen molar-refractivity contribution in [2.45, 2.75) is 13.5 Å². The summed E-state index contributed by atoms with van der Waals surface area (Å²) in [5.41, 5.74) is 3.46. The SMILES string of the molecule is Cc1ccc(C(=O)N/C(=C\c2ccc(-c3ccc(Br)cc3)o2)C(=O)NCc2ccccc2)cc1. The Morgan fingerprint density at radius 2 is 1.59 bits per heavy atom. The van der Waals surface area contributed by atoms with Crippen molar-refractivity contribution in [3.63, 3.8) is 0 Å². The highest BCUT2D eigenvalue weighted by Gasteiger charge is 2.16. The maximum atomic E-state index is 13.0. The molecule has 1 aromatic heterocycles. The zero-order chi connectivity index (χ0) is 23.9. The number of rotatable bonds is 7. The molecule has 0 aliphatic rings. The van der Waals surface area contributed by atoms with E-state index >= 15 is 0 Å². The van der Waals surface area contributed by atoms with E-state index in [4.69, 9.17) is 4.42 Å². The van der Waals surface area contributed by atoms with Gasteiger partial charge in [0.25, 0.3) is 11.8 Å². The fourth-order valence-corrected chi connectivity index (χ4v) is 3.54.